The van der Waals surface area contributed by atoms with E-state index in [-0.39, 0.29) is 17.3 Å². The van der Waals surface area contributed by atoms with Crippen LogP contribution in [0.5, 0.6) is 0 Å². The van der Waals surface area contributed by atoms with Gasteiger partial charge in [0.1, 0.15) is 5.82 Å². The Morgan fingerprint density at radius 3 is 3.14 bits per heavy atom. The Bertz CT molecular complexity index is 398. The largest absolute Gasteiger partial charge is 0.252 e. The van der Waals surface area contributed by atoms with Crippen molar-refractivity contribution in [2.24, 2.45) is 5.11 Å². The molecule has 0 saturated carbocycles. The van der Waals surface area contributed by atoms with E-state index in [1.54, 1.807) is 0 Å². The molecular formula is C8H6ClFN4. The van der Waals surface area contributed by atoms with Crippen LogP contribution in [0.3, 0.4) is 0 Å². The van der Waals surface area contributed by atoms with Gasteiger partial charge in [0.2, 0.25) is 0 Å². The fourth-order valence-corrected chi connectivity index (χ4v) is 0.940. The van der Waals surface area contributed by atoms with Crippen molar-refractivity contribution in [2.75, 3.05) is 6.54 Å². The molecule has 0 aromatic carbocycles. The van der Waals surface area contributed by atoms with Gasteiger partial charge in [0.05, 0.1) is 10.7 Å². The third kappa shape index (κ3) is 3.05. The first-order valence-electron chi connectivity index (χ1n) is 3.72. The van der Waals surface area contributed by atoms with Crippen LogP contribution in [0.2, 0.25) is 5.02 Å². The van der Waals surface area contributed by atoms with E-state index in [1.165, 1.54) is 24.4 Å². The van der Waals surface area contributed by atoms with Crippen LogP contribution in [-0.4, -0.2) is 11.5 Å². The van der Waals surface area contributed by atoms with Crippen LogP contribution in [0, 0.1) is 5.82 Å². The summed E-state index contributed by atoms with van der Waals surface area (Å²) in [5, 5.41) is 3.50. The Hall–Kier alpha value is -1.58. The lowest BCUT2D eigenvalue weighted by Gasteiger charge is -1.95. The van der Waals surface area contributed by atoms with Crippen LogP contribution in [0.4, 0.5) is 4.39 Å². The third-order valence-corrected chi connectivity index (χ3v) is 1.57. The average molecular weight is 213 g/mol. The van der Waals surface area contributed by atoms with Gasteiger partial charge in [0.15, 0.2) is 0 Å². The quantitative estimate of drug-likeness (QED) is 0.431. The summed E-state index contributed by atoms with van der Waals surface area (Å²) >= 11 is 5.51. The van der Waals surface area contributed by atoms with Gasteiger partial charge in [-0.15, -0.1) is 0 Å². The minimum atomic E-state index is -0.505. The average Bonchev–Trinajstić information content (AvgIpc) is 2.15. The molecule has 0 fully saturated rings. The van der Waals surface area contributed by atoms with Gasteiger partial charge in [0, 0.05) is 17.7 Å². The van der Waals surface area contributed by atoms with Gasteiger partial charge in [-0.3, -0.25) is 4.98 Å². The Morgan fingerprint density at radius 1 is 1.71 bits per heavy atom. The van der Waals surface area contributed by atoms with E-state index in [1.807, 2.05) is 0 Å². The molecule has 1 heterocycles. The number of hydrogen-bond acceptors (Lipinski definition) is 2. The van der Waals surface area contributed by atoms with E-state index in [0.29, 0.717) is 0 Å². The first-order valence-corrected chi connectivity index (χ1v) is 4.10. The molecule has 4 nitrogen and oxygen atoms in total. The van der Waals surface area contributed by atoms with Gasteiger partial charge in [-0.1, -0.05) is 22.8 Å². The first kappa shape index (κ1) is 10.5. The maximum atomic E-state index is 13.1. The molecule has 0 amide bonds. The summed E-state index contributed by atoms with van der Waals surface area (Å²) in [4.78, 5) is 6.29. The Kier molecular flexibility index (Phi) is 3.91. The number of halogens is 2. The van der Waals surface area contributed by atoms with Crippen LogP contribution < -0.4 is 0 Å². The molecule has 1 aromatic rings. The van der Waals surface area contributed by atoms with E-state index in [4.69, 9.17) is 17.1 Å². The van der Waals surface area contributed by atoms with Crippen LogP contribution in [0.1, 0.15) is 5.69 Å². The minimum Gasteiger partial charge on any atom is -0.252 e. The van der Waals surface area contributed by atoms with Crippen molar-refractivity contribution in [3.63, 3.8) is 0 Å². The molecule has 14 heavy (non-hydrogen) atoms. The van der Waals surface area contributed by atoms with E-state index in [2.05, 4.69) is 15.0 Å². The zero-order valence-electron chi connectivity index (χ0n) is 7.06. The number of pyridine rings is 1. The predicted octanol–water partition coefficient (Wildman–Crippen LogP) is 3.20. The second-order valence-corrected chi connectivity index (χ2v) is 2.77. The lowest BCUT2D eigenvalue weighted by Crippen LogP contribution is -1.86. The van der Waals surface area contributed by atoms with Gasteiger partial charge < -0.3 is 0 Å². The zero-order chi connectivity index (χ0) is 10.4. The Labute approximate surface area is 84.7 Å². The molecule has 72 valence electrons. The van der Waals surface area contributed by atoms with Crippen LogP contribution >= 0.6 is 11.6 Å². The maximum Gasteiger partial charge on any atom is 0.150 e. The summed E-state index contributed by atoms with van der Waals surface area (Å²) in [5.41, 5.74) is 8.14. The fourth-order valence-electron chi connectivity index (χ4n) is 0.796. The summed E-state index contributed by atoms with van der Waals surface area (Å²) in [6.07, 6.45) is 4.29. The standard InChI is InChI=1S/C8H6ClFN4/c9-6-4-7(10)8(12-5-6)2-1-3-13-14-11/h1-2,4-5H,3H2. The summed E-state index contributed by atoms with van der Waals surface area (Å²) < 4.78 is 13.1. The summed E-state index contributed by atoms with van der Waals surface area (Å²) in [6.45, 7) is 0.167. The molecule has 1 aromatic heterocycles. The van der Waals surface area contributed by atoms with E-state index >= 15 is 0 Å². The Balaban J connectivity index is 2.76. The molecule has 0 aliphatic heterocycles. The topological polar surface area (TPSA) is 61.7 Å². The molecule has 0 saturated heterocycles. The van der Waals surface area contributed by atoms with Crippen LogP contribution in [0.15, 0.2) is 23.5 Å². The molecule has 0 unspecified atom stereocenters. The van der Waals surface area contributed by atoms with Gasteiger partial charge in [0.25, 0.3) is 0 Å². The van der Waals surface area contributed by atoms with E-state index in [9.17, 15) is 4.39 Å². The third-order valence-electron chi connectivity index (χ3n) is 1.36. The number of nitrogens with zero attached hydrogens (tertiary/aromatic N) is 4. The number of hydrogen-bond donors (Lipinski definition) is 0. The first-order chi connectivity index (χ1) is 6.74. The molecule has 0 spiro atoms. The monoisotopic (exact) mass is 212 g/mol. The number of rotatable bonds is 3. The Morgan fingerprint density at radius 2 is 2.50 bits per heavy atom. The second-order valence-electron chi connectivity index (χ2n) is 2.34. The number of aromatic nitrogens is 1. The van der Waals surface area contributed by atoms with Crippen LogP contribution in [0.25, 0.3) is 16.5 Å². The van der Waals surface area contributed by atoms with Crippen molar-refractivity contribution in [3.05, 3.63) is 45.3 Å². The summed E-state index contributed by atoms with van der Waals surface area (Å²) in [7, 11) is 0. The SMILES string of the molecule is [N-]=[N+]=NCC=Cc1ncc(Cl)cc1F. The molecule has 0 bridgehead atoms. The summed E-state index contributed by atoms with van der Waals surface area (Å²) in [5.74, 6) is -0.505. The van der Waals surface area contributed by atoms with Crippen molar-refractivity contribution in [1.29, 1.82) is 0 Å². The molecule has 0 aliphatic carbocycles. The lowest BCUT2D eigenvalue weighted by atomic mass is 10.3. The van der Waals surface area contributed by atoms with Gasteiger partial charge >= 0.3 is 0 Å². The molecule has 0 radical (unpaired) electrons. The molecular weight excluding hydrogens is 207 g/mol. The normalized spacial score (nSPS) is 10.1. The van der Waals surface area contributed by atoms with Crippen molar-refractivity contribution in [2.45, 2.75) is 0 Å². The molecule has 0 N–H and O–H groups in total. The van der Waals surface area contributed by atoms with Crippen molar-refractivity contribution in [3.8, 4) is 0 Å². The van der Waals surface area contributed by atoms with Crippen molar-refractivity contribution >= 4 is 17.7 Å². The number of azide groups is 1. The van der Waals surface area contributed by atoms with Gasteiger partial charge in [-0.05, 0) is 17.7 Å². The molecule has 0 atom stereocenters. The second kappa shape index (κ2) is 5.21. The minimum absolute atomic E-state index is 0.167. The molecule has 1 rings (SSSR count). The maximum absolute atomic E-state index is 13.1. The highest BCUT2D eigenvalue weighted by atomic mass is 35.5. The smallest absolute Gasteiger partial charge is 0.150 e. The zero-order valence-corrected chi connectivity index (χ0v) is 7.82. The van der Waals surface area contributed by atoms with E-state index < -0.39 is 5.82 Å². The van der Waals surface area contributed by atoms with E-state index in [0.717, 1.165) is 0 Å². The molecule has 6 heteroatoms. The van der Waals surface area contributed by atoms with Gasteiger partial charge in [-0.25, -0.2) is 4.39 Å². The predicted molar refractivity (Wildman–Crippen MR) is 52.3 cm³/mol. The van der Waals surface area contributed by atoms with Gasteiger partial charge in [-0.2, -0.15) is 0 Å². The highest BCUT2D eigenvalue weighted by Crippen LogP contribution is 2.12. The fraction of sp³-hybridized carbons (Fsp3) is 0.125. The van der Waals surface area contributed by atoms with Crippen LogP contribution in [-0.2, 0) is 0 Å². The summed E-state index contributed by atoms with van der Waals surface area (Å²) in [6, 6.07) is 1.17. The highest BCUT2D eigenvalue weighted by molar-refractivity contribution is 6.30. The lowest BCUT2D eigenvalue weighted by molar-refractivity contribution is 0.618. The molecule has 0 aliphatic rings. The highest BCUT2D eigenvalue weighted by Gasteiger charge is 1.99. The van der Waals surface area contributed by atoms with Crippen molar-refractivity contribution < 1.29 is 4.39 Å². The van der Waals surface area contributed by atoms with Crippen molar-refractivity contribution in [1.82, 2.24) is 4.98 Å².